The van der Waals surface area contributed by atoms with Crippen molar-refractivity contribution in [2.45, 2.75) is 51.9 Å². The molecule has 102 valence electrons. The first-order valence-electron chi connectivity index (χ1n) is 7.20. The summed E-state index contributed by atoms with van der Waals surface area (Å²) in [6.45, 7) is 4.77. The van der Waals surface area contributed by atoms with Gasteiger partial charge in [-0.3, -0.25) is 0 Å². The quantitative estimate of drug-likeness (QED) is 0.777. The van der Waals surface area contributed by atoms with E-state index >= 15 is 0 Å². The van der Waals surface area contributed by atoms with Crippen LogP contribution in [-0.4, -0.2) is 16.6 Å². The average molecular weight is 258 g/mol. The second-order valence-corrected chi connectivity index (χ2v) is 5.23. The molecule has 1 aliphatic rings. The molecule has 0 bridgehead atoms. The molecule has 0 aromatic carbocycles. The van der Waals surface area contributed by atoms with E-state index in [1.165, 1.54) is 25.7 Å². The minimum Gasteiger partial charge on any atom is -0.464 e. The molecule has 0 spiro atoms. The van der Waals surface area contributed by atoms with Crippen molar-refractivity contribution in [2.75, 3.05) is 6.61 Å². The molecule has 1 fully saturated rings. The summed E-state index contributed by atoms with van der Waals surface area (Å²) >= 11 is 0. The lowest BCUT2D eigenvalue weighted by atomic mass is 9.81. The molecule has 1 aliphatic carbocycles. The third-order valence-electron chi connectivity index (χ3n) is 3.69. The molecule has 1 aromatic heterocycles. The van der Waals surface area contributed by atoms with E-state index in [9.17, 15) is 0 Å². The van der Waals surface area contributed by atoms with Gasteiger partial charge in [0.05, 0.1) is 5.69 Å². The van der Waals surface area contributed by atoms with Crippen LogP contribution in [0.5, 0.6) is 5.88 Å². The first-order valence-corrected chi connectivity index (χ1v) is 7.20. The first kappa shape index (κ1) is 13.9. The van der Waals surface area contributed by atoms with Crippen LogP contribution in [0.3, 0.4) is 0 Å². The number of rotatable bonds is 3. The largest absolute Gasteiger partial charge is 0.464 e. The minimum atomic E-state index is 0.409. The average Bonchev–Trinajstić information content (AvgIpc) is 2.45. The van der Waals surface area contributed by atoms with Crippen molar-refractivity contribution in [3.63, 3.8) is 0 Å². The van der Waals surface area contributed by atoms with Crippen molar-refractivity contribution in [3.8, 4) is 17.7 Å². The zero-order valence-corrected chi connectivity index (χ0v) is 11.9. The predicted octanol–water partition coefficient (Wildman–Crippen LogP) is 3.56. The molecule has 0 unspecified atom stereocenters. The highest BCUT2D eigenvalue weighted by Gasteiger charge is 2.21. The number of aromatic nitrogens is 2. The van der Waals surface area contributed by atoms with Gasteiger partial charge in [0.1, 0.15) is 6.33 Å². The van der Waals surface area contributed by atoms with E-state index < -0.39 is 0 Å². The maximum absolute atomic E-state index is 5.54. The highest BCUT2D eigenvalue weighted by atomic mass is 16.5. The summed E-state index contributed by atoms with van der Waals surface area (Å²) in [7, 11) is 0. The molecule has 0 aliphatic heterocycles. The second kappa shape index (κ2) is 7.13. The third-order valence-corrected chi connectivity index (χ3v) is 3.69. The summed E-state index contributed by atoms with van der Waals surface area (Å²) < 4.78 is 5.54. The van der Waals surface area contributed by atoms with Crippen LogP contribution in [0.25, 0.3) is 0 Å². The molecule has 3 nitrogen and oxygen atoms in total. The molecule has 0 saturated heterocycles. The molecule has 1 saturated carbocycles. The van der Waals surface area contributed by atoms with Crippen molar-refractivity contribution in [1.82, 2.24) is 9.97 Å². The molecule has 2 rings (SSSR count). The molecule has 1 heterocycles. The zero-order chi connectivity index (χ0) is 13.5. The van der Waals surface area contributed by atoms with E-state index in [1.54, 1.807) is 6.33 Å². The number of hydrogen-bond donors (Lipinski definition) is 0. The van der Waals surface area contributed by atoms with Crippen LogP contribution in [0.1, 0.15) is 57.6 Å². The van der Waals surface area contributed by atoms with Crippen LogP contribution in [0.4, 0.5) is 0 Å². The molecular weight excluding hydrogens is 236 g/mol. The van der Waals surface area contributed by atoms with Crippen molar-refractivity contribution >= 4 is 0 Å². The Hall–Kier alpha value is -1.56. The normalized spacial score (nSPS) is 22.4. The van der Waals surface area contributed by atoms with Crippen LogP contribution >= 0.6 is 0 Å². The molecule has 0 atom stereocenters. The standard InChI is InChI=1S/C16H22N2O/c1-3-4-5-10-19-16-11-15(17-12-18-16)14-8-6-13(2)7-9-14/h11-14H,3,6-10H2,1-2H3. The highest BCUT2D eigenvalue weighted by Crippen LogP contribution is 2.35. The molecule has 3 heteroatoms. The van der Waals surface area contributed by atoms with Crippen molar-refractivity contribution in [3.05, 3.63) is 18.1 Å². The molecule has 1 aromatic rings. The fourth-order valence-corrected chi connectivity index (χ4v) is 2.50. The van der Waals surface area contributed by atoms with Crippen molar-refractivity contribution < 1.29 is 4.74 Å². The summed E-state index contributed by atoms with van der Waals surface area (Å²) in [6.07, 6.45) is 7.52. The summed E-state index contributed by atoms with van der Waals surface area (Å²) in [5, 5.41) is 0. The van der Waals surface area contributed by atoms with Gasteiger partial charge in [-0.1, -0.05) is 32.6 Å². The highest BCUT2D eigenvalue weighted by molar-refractivity contribution is 5.18. The van der Waals surface area contributed by atoms with E-state index in [0.29, 0.717) is 18.4 Å². The third kappa shape index (κ3) is 4.24. The van der Waals surface area contributed by atoms with E-state index in [4.69, 9.17) is 4.74 Å². The lowest BCUT2D eigenvalue weighted by Crippen LogP contribution is -2.12. The van der Waals surface area contributed by atoms with Gasteiger partial charge in [-0.05, 0) is 18.8 Å². The second-order valence-electron chi connectivity index (χ2n) is 5.23. The van der Waals surface area contributed by atoms with Gasteiger partial charge in [-0.2, -0.15) is 0 Å². The molecule has 0 amide bonds. The Labute approximate surface area is 115 Å². The van der Waals surface area contributed by atoms with E-state index in [1.807, 2.05) is 13.0 Å². The number of hydrogen-bond acceptors (Lipinski definition) is 3. The molecular formula is C16H22N2O. The van der Waals surface area contributed by atoms with Gasteiger partial charge < -0.3 is 4.74 Å². The number of ether oxygens (including phenoxy) is 1. The Morgan fingerprint density at radius 1 is 1.21 bits per heavy atom. The maximum atomic E-state index is 5.54. The minimum absolute atomic E-state index is 0.409. The first-order chi connectivity index (χ1) is 9.29. The van der Waals surface area contributed by atoms with Crippen LogP contribution in [0.2, 0.25) is 0 Å². The lowest BCUT2D eigenvalue weighted by Gasteiger charge is -2.25. The van der Waals surface area contributed by atoms with Crippen molar-refractivity contribution in [1.29, 1.82) is 0 Å². The summed E-state index contributed by atoms with van der Waals surface area (Å²) in [6, 6.07) is 1.98. The topological polar surface area (TPSA) is 35.0 Å². The van der Waals surface area contributed by atoms with Gasteiger partial charge in [-0.25, -0.2) is 9.97 Å². The Bertz CT molecular complexity index is 453. The number of nitrogens with zero attached hydrogens (tertiary/aromatic N) is 2. The van der Waals surface area contributed by atoms with E-state index in [0.717, 1.165) is 18.0 Å². The lowest BCUT2D eigenvalue weighted by molar-refractivity contribution is 0.336. The SMILES string of the molecule is CCC#CCOc1cc(C2CCC(C)CC2)ncn1. The Balaban J connectivity index is 1.94. The Morgan fingerprint density at radius 2 is 2.00 bits per heavy atom. The fourth-order valence-electron chi connectivity index (χ4n) is 2.50. The molecule has 0 radical (unpaired) electrons. The monoisotopic (exact) mass is 258 g/mol. The van der Waals surface area contributed by atoms with Crippen LogP contribution < -0.4 is 4.74 Å². The van der Waals surface area contributed by atoms with E-state index in [-0.39, 0.29) is 0 Å². The Morgan fingerprint density at radius 3 is 2.74 bits per heavy atom. The smallest absolute Gasteiger partial charge is 0.217 e. The predicted molar refractivity (Wildman–Crippen MR) is 76.0 cm³/mol. The van der Waals surface area contributed by atoms with Crippen LogP contribution in [0, 0.1) is 17.8 Å². The van der Waals surface area contributed by atoms with Gasteiger partial charge >= 0.3 is 0 Å². The maximum Gasteiger partial charge on any atom is 0.217 e. The molecule has 0 N–H and O–H groups in total. The van der Waals surface area contributed by atoms with Crippen LogP contribution in [-0.2, 0) is 0 Å². The van der Waals surface area contributed by atoms with Gasteiger partial charge in [-0.15, -0.1) is 5.92 Å². The van der Waals surface area contributed by atoms with Gasteiger partial charge in [0.15, 0.2) is 6.61 Å². The van der Waals surface area contributed by atoms with Gasteiger partial charge in [0.25, 0.3) is 0 Å². The summed E-state index contributed by atoms with van der Waals surface area (Å²) in [5.74, 6) is 8.02. The fraction of sp³-hybridized carbons (Fsp3) is 0.625. The summed E-state index contributed by atoms with van der Waals surface area (Å²) in [4.78, 5) is 8.55. The molecule has 19 heavy (non-hydrogen) atoms. The summed E-state index contributed by atoms with van der Waals surface area (Å²) in [5.41, 5.74) is 1.13. The van der Waals surface area contributed by atoms with Crippen LogP contribution in [0.15, 0.2) is 12.4 Å². The Kier molecular flexibility index (Phi) is 5.20. The van der Waals surface area contributed by atoms with E-state index in [2.05, 4.69) is 28.7 Å². The van der Waals surface area contributed by atoms with Gasteiger partial charge in [0.2, 0.25) is 5.88 Å². The van der Waals surface area contributed by atoms with Crippen molar-refractivity contribution in [2.24, 2.45) is 5.92 Å². The zero-order valence-electron chi connectivity index (χ0n) is 11.9. The van der Waals surface area contributed by atoms with Gasteiger partial charge in [0, 0.05) is 18.4 Å².